The molecule has 4 nitrogen and oxygen atoms in total. The van der Waals surface area contributed by atoms with Gasteiger partial charge in [0.25, 0.3) is 0 Å². The van der Waals surface area contributed by atoms with Crippen molar-refractivity contribution in [3.05, 3.63) is 0 Å². The third-order valence-corrected chi connectivity index (χ3v) is 11.8. The lowest BCUT2D eigenvalue weighted by atomic mass is 9.90. The summed E-state index contributed by atoms with van der Waals surface area (Å²) in [4.78, 5) is 21.5. The minimum absolute atomic E-state index is 0.150. The van der Waals surface area contributed by atoms with Crippen LogP contribution in [0.1, 0.15) is 289 Å². The Morgan fingerprint density at radius 2 is 0.462 bits per heavy atom. The molecule has 0 saturated carbocycles. The summed E-state index contributed by atoms with van der Waals surface area (Å²) in [5.41, 5.74) is 10.4. The second kappa shape index (κ2) is 44.3. The maximum Gasteiger partial charge on any atom is 0.217 e. The van der Waals surface area contributed by atoms with Gasteiger partial charge in [-0.3, -0.25) is 9.59 Å². The Hall–Kier alpha value is -1.06. The van der Waals surface area contributed by atoms with Gasteiger partial charge in [0.1, 0.15) is 0 Å². The molecule has 2 amide bonds. The van der Waals surface area contributed by atoms with Crippen LogP contribution >= 0.6 is 0 Å². The Kier molecular flexibility index (Phi) is 43.4. The minimum Gasteiger partial charge on any atom is -0.370 e. The standard InChI is InChI=1S/C48H96N2O2/c1-2-41-46(42-37-33-29-25-21-17-13-9-5-3-7-11-15-19-23-27-31-35-39-44-47(49)51)43-38-34-30-26-22-18-14-10-6-4-8-12-16-20-24-28-32-36-40-45-48(50)52/h46H,2-45H2,1H3,(H2,49,51)(H2,50,52). The van der Waals surface area contributed by atoms with Gasteiger partial charge in [0, 0.05) is 12.8 Å². The van der Waals surface area contributed by atoms with Crippen LogP contribution < -0.4 is 11.5 Å². The first kappa shape index (κ1) is 50.9. The summed E-state index contributed by atoms with van der Waals surface area (Å²) in [6.07, 6.45) is 59.7. The molecular weight excluding hydrogens is 637 g/mol. The molecule has 0 aliphatic rings. The molecule has 0 saturated heterocycles. The number of primary amides is 2. The highest BCUT2D eigenvalue weighted by molar-refractivity contribution is 5.73. The van der Waals surface area contributed by atoms with Crippen LogP contribution in [0.25, 0.3) is 0 Å². The Morgan fingerprint density at radius 1 is 0.288 bits per heavy atom. The average molecular weight is 733 g/mol. The molecule has 0 rings (SSSR count). The van der Waals surface area contributed by atoms with E-state index < -0.39 is 0 Å². The van der Waals surface area contributed by atoms with E-state index >= 15 is 0 Å². The van der Waals surface area contributed by atoms with Crippen molar-refractivity contribution in [1.82, 2.24) is 0 Å². The van der Waals surface area contributed by atoms with Crippen molar-refractivity contribution in [2.24, 2.45) is 17.4 Å². The number of rotatable bonds is 46. The molecule has 0 aliphatic heterocycles. The molecule has 0 radical (unpaired) electrons. The van der Waals surface area contributed by atoms with E-state index in [1.807, 2.05) is 0 Å². The van der Waals surface area contributed by atoms with Gasteiger partial charge in [0.05, 0.1) is 0 Å². The number of unbranched alkanes of at least 4 members (excludes halogenated alkanes) is 36. The normalized spacial score (nSPS) is 11.6. The summed E-state index contributed by atoms with van der Waals surface area (Å²) >= 11 is 0. The molecule has 0 aromatic carbocycles. The van der Waals surface area contributed by atoms with Crippen LogP contribution in [0.2, 0.25) is 0 Å². The second-order valence-electron chi connectivity index (χ2n) is 17.1. The van der Waals surface area contributed by atoms with Crippen LogP contribution in [0, 0.1) is 5.92 Å². The Morgan fingerprint density at radius 3 is 0.635 bits per heavy atom. The van der Waals surface area contributed by atoms with Crippen molar-refractivity contribution in [2.75, 3.05) is 0 Å². The van der Waals surface area contributed by atoms with Gasteiger partial charge in [-0.2, -0.15) is 0 Å². The maximum atomic E-state index is 10.7. The van der Waals surface area contributed by atoms with E-state index in [-0.39, 0.29) is 11.8 Å². The number of carbonyl (C=O) groups excluding carboxylic acids is 2. The predicted molar refractivity (Wildman–Crippen MR) is 231 cm³/mol. The third-order valence-electron chi connectivity index (χ3n) is 11.8. The molecule has 0 spiro atoms. The lowest BCUT2D eigenvalue weighted by Crippen LogP contribution is -2.09. The highest BCUT2D eigenvalue weighted by Gasteiger charge is 2.08. The Bertz CT molecular complexity index is 654. The fourth-order valence-corrected chi connectivity index (χ4v) is 8.32. The molecular formula is C48H96N2O2. The summed E-state index contributed by atoms with van der Waals surface area (Å²) in [5.74, 6) is 0.702. The zero-order chi connectivity index (χ0) is 37.8. The first-order valence-corrected chi connectivity index (χ1v) is 24.1. The van der Waals surface area contributed by atoms with E-state index in [2.05, 4.69) is 6.92 Å². The lowest BCUT2D eigenvalue weighted by Gasteiger charge is -2.16. The summed E-state index contributed by atoms with van der Waals surface area (Å²) in [7, 11) is 0. The second-order valence-corrected chi connectivity index (χ2v) is 17.1. The lowest BCUT2D eigenvalue weighted by molar-refractivity contribution is -0.119. The number of amides is 2. The maximum absolute atomic E-state index is 10.7. The van der Waals surface area contributed by atoms with Crippen LogP contribution in [0.5, 0.6) is 0 Å². The fraction of sp³-hybridized carbons (Fsp3) is 0.958. The fourth-order valence-electron chi connectivity index (χ4n) is 8.32. The summed E-state index contributed by atoms with van der Waals surface area (Å²) in [6, 6.07) is 0. The number of nitrogens with two attached hydrogens (primary N) is 2. The van der Waals surface area contributed by atoms with E-state index in [0.717, 1.165) is 31.6 Å². The molecule has 0 fully saturated rings. The molecule has 0 atom stereocenters. The third kappa shape index (κ3) is 45.1. The smallest absolute Gasteiger partial charge is 0.217 e. The van der Waals surface area contributed by atoms with Crippen molar-refractivity contribution in [3.63, 3.8) is 0 Å². The van der Waals surface area contributed by atoms with E-state index in [4.69, 9.17) is 11.5 Å². The van der Waals surface area contributed by atoms with Crippen LogP contribution in [0.3, 0.4) is 0 Å². The van der Waals surface area contributed by atoms with Gasteiger partial charge in [0.2, 0.25) is 11.8 Å². The quantitative estimate of drug-likeness (QED) is 0.0610. The van der Waals surface area contributed by atoms with Crippen molar-refractivity contribution >= 4 is 11.8 Å². The van der Waals surface area contributed by atoms with Crippen molar-refractivity contribution in [3.8, 4) is 0 Å². The zero-order valence-electron chi connectivity index (χ0n) is 35.7. The SMILES string of the molecule is CCCC(CCCCCCCCCCCCCCCCCCCCCC(N)=O)CCCCCCCCCCCCCCCCCCCCCC(N)=O. The molecule has 4 heteroatoms. The number of carbonyl (C=O) groups is 2. The van der Waals surface area contributed by atoms with Gasteiger partial charge in [-0.1, -0.05) is 264 Å². The summed E-state index contributed by atoms with van der Waals surface area (Å²) in [6.45, 7) is 2.39. The van der Waals surface area contributed by atoms with E-state index in [1.165, 1.54) is 244 Å². The van der Waals surface area contributed by atoms with E-state index in [9.17, 15) is 9.59 Å². The van der Waals surface area contributed by atoms with Crippen molar-refractivity contribution in [1.29, 1.82) is 0 Å². The topological polar surface area (TPSA) is 86.2 Å². The molecule has 0 unspecified atom stereocenters. The van der Waals surface area contributed by atoms with Gasteiger partial charge in [-0.05, 0) is 18.8 Å². The van der Waals surface area contributed by atoms with E-state index in [1.54, 1.807) is 0 Å². The van der Waals surface area contributed by atoms with Gasteiger partial charge >= 0.3 is 0 Å². The minimum atomic E-state index is -0.150. The van der Waals surface area contributed by atoms with Crippen LogP contribution in [0.15, 0.2) is 0 Å². The van der Waals surface area contributed by atoms with Crippen LogP contribution in [-0.4, -0.2) is 11.8 Å². The molecule has 0 bridgehead atoms. The summed E-state index contributed by atoms with van der Waals surface area (Å²) < 4.78 is 0. The van der Waals surface area contributed by atoms with Crippen LogP contribution in [-0.2, 0) is 9.59 Å². The molecule has 4 N–H and O–H groups in total. The molecule has 52 heavy (non-hydrogen) atoms. The van der Waals surface area contributed by atoms with E-state index in [0.29, 0.717) is 12.8 Å². The first-order valence-electron chi connectivity index (χ1n) is 24.1. The first-order chi connectivity index (χ1) is 25.6. The van der Waals surface area contributed by atoms with Crippen molar-refractivity contribution in [2.45, 2.75) is 289 Å². The molecule has 0 aromatic heterocycles. The zero-order valence-corrected chi connectivity index (χ0v) is 35.7. The van der Waals surface area contributed by atoms with Gasteiger partial charge in [0.15, 0.2) is 0 Å². The number of hydrogen-bond donors (Lipinski definition) is 2. The molecule has 310 valence electrons. The summed E-state index contributed by atoms with van der Waals surface area (Å²) in [5, 5.41) is 0. The molecule has 0 aromatic rings. The van der Waals surface area contributed by atoms with Gasteiger partial charge in [-0.25, -0.2) is 0 Å². The predicted octanol–water partition coefficient (Wildman–Crippen LogP) is 15.8. The molecule has 0 aliphatic carbocycles. The monoisotopic (exact) mass is 733 g/mol. The van der Waals surface area contributed by atoms with Gasteiger partial charge < -0.3 is 11.5 Å². The van der Waals surface area contributed by atoms with Crippen molar-refractivity contribution < 1.29 is 9.59 Å². The highest BCUT2D eigenvalue weighted by Crippen LogP contribution is 2.24. The Balaban J connectivity index is 3.33. The highest BCUT2D eigenvalue weighted by atomic mass is 16.1. The number of hydrogen-bond acceptors (Lipinski definition) is 2. The molecule has 0 heterocycles. The van der Waals surface area contributed by atoms with Crippen LogP contribution in [0.4, 0.5) is 0 Å². The van der Waals surface area contributed by atoms with Gasteiger partial charge in [-0.15, -0.1) is 0 Å². The Labute approximate surface area is 327 Å². The average Bonchev–Trinajstić information content (AvgIpc) is 3.12. The largest absolute Gasteiger partial charge is 0.370 e.